The average molecular weight is 723 g/mol. The van der Waals surface area contributed by atoms with Crippen LogP contribution in [0.4, 0.5) is 8.78 Å². The van der Waals surface area contributed by atoms with Crippen LogP contribution in [0.15, 0.2) is 48.8 Å². The van der Waals surface area contributed by atoms with Gasteiger partial charge in [-0.05, 0) is 61.4 Å². The molecule has 3 aliphatic rings. The third-order valence-corrected chi connectivity index (χ3v) is 11.3. The molecular formula is C31H37F2N6O8PS. The summed E-state index contributed by atoms with van der Waals surface area (Å²) < 4.78 is 46.5. The monoisotopic (exact) mass is 722 g/mol. The van der Waals surface area contributed by atoms with E-state index in [9.17, 15) is 32.8 Å². The van der Waals surface area contributed by atoms with Gasteiger partial charge in [-0.2, -0.15) is 8.78 Å². The van der Waals surface area contributed by atoms with Crippen LogP contribution in [0.1, 0.15) is 47.8 Å². The average Bonchev–Trinajstić information content (AvgIpc) is 3.79. The Morgan fingerprint density at radius 1 is 1.08 bits per heavy atom. The van der Waals surface area contributed by atoms with E-state index in [0.717, 1.165) is 23.5 Å². The second-order valence-corrected chi connectivity index (χ2v) is 15.2. The summed E-state index contributed by atoms with van der Waals surface area (Å²) >= 11 is 0.961. The number of benzene rings is 1. The normalized spacial score (nSPS) is 24.4. The number of carbonyl (C=O) groups excluding carboxylic acids is 3. The molecule has 0 bridgehead atoms. The molecular weight excluding hydrogens is 685 g/mol. The number of rotatable bonds is 9. The largest absolute Gasteiger partial charge is 0.489 e. The van der Waals surface area contributed by atoms with Gasteiger partial charge in [0, 0.05) is 61.8 Å². The van der Waals surface area contributed by atoms with Crippen LogP contribution in [-0.2, 0) is 19.8 Å². The minimum atomic E-state index is -5.79. The van der Waals surface area contributed by atoms with Crippen LogP contribution in [0.5, 0.6) is 5.75 Å². The predicted molar refractivity (Wildman–Crippen MR) is 174 cm³/mol. The van der Waals surface area contributed by atoms with Gasteiger partial charge in [0.15, 0.2) is 6.35 Å². The van der Waals surface area contributed by atoms with E-state index in [1.165, 1.54) is 24.0 Å². The Morgan fingerprint density at radius 2 is 1.84 bits per heavy atom. The molecule has 3 aromatic rings. The van der Waals surface area contributed by atoms with Crippen LogP contribution in [0.3, 0.4) is 0 Å². The fourth-order valence-corrected chi connectivity index (χ4v) is 8.05. The molecule has 3 unspecified atom stereocenters. The van der Waals surface area contributed by atoms with Crippen molar-refractivity contribution in [3.63, 3.8) is 0 Å². The molecule has 5 heterocycles. The summed E-state index contributed by atoms with van der Waals surface area (Å²) in [5, 5.41) is 17.2. The van der Waals surface area contributed by atoms with Gasteiger partial charge < -0.3 is 34.7 Å². The molecule has 3 amide bonds. The van der Waals surface area contributed by atoms with Crippen molar-refractivity contribution in [1.29, 1.82) is 0 Å². The number of nitrogens with zero attached hydrogens (tertiary/aromatic N) is 4. The maximum Gasteiger partial charge on any atom is 0.399 e. The molecule has 0 spiro atoms. The number of nitrogens with one attached hydrogen (secondary N) is 2. The van der Waals surface area contributed by atoms with E-state index in [1.807, 2.05) is 4.90 Å². The maximum atomic E-state index is 14.3. The van der Waals surface area contributed by atoms with Gasteiger partial charge >= 0.3 is 13.3 Å². The van der Waals surface area contributed by atoms with Crippen molar-refractivity contribution < 1.29 is 47.4 Å². The number of aliphatic hydroxyl groups is 1. The number of alkyl halides is 2. The van der Waals surface area contributed by atoms with Gasteiger partial charge in [-0.1, -0.05) is 6.07 Å². The van der Waals surface area contributed by atoms with Gasteiger partial charge in [0.1, 0.15) is 17.9 Å². The quantitative estimate of drug-likeness (QED) is 0.161. The number of carbonyl (C=O) groups is 3. The van der Waals surface area contributed by atoms with Crippen molar-refractivity contribution in [3.05, 3.63) is 59.2 Å². The summed E-state index contributed by atoms with van der Waals surface area (Å²) in [6.45, 7) is 2.66. The number of hydrogen-bond donors (Lipinski definition) is 5. The molecule has 0 aliphatic carbocycles. The zero-order valence-corrected chi connectivity index (χ0v) is 28.2. The molecule has 18 heteroatoms. The van der Waals surface area contributed by atoms with Crippen LogP contribution >= 0.6 is 18.9 Å². The number of fused-ring (bicyclic) bond motifs is 2. The first-order valence-electron chi connectivity index (χ1n) is 15.8. The van der Waals surface area contributed by atoms with Gasteiger partial charge in [-0.3, -0.25) is 34.1 Å². The molecule has 49 heavy (non-hydrogen) atoms. The Balaban J connectivity index is 1.16. The lowest BCUT2D eigenvalue weighted by molar-refractivity contribution is -0.142. The SMILES string of the molecule is CC(=O)N1CC[C@H]2CC[C@@H](NC(O)N3CCC(Oc4ccncc4)C3)N2C(=O)C(NC(=O)c2cc3cc(C(F)(F)P(=O)(O)O)ccc3s2)C1. The molecule has 3 saturated heterocycles. The number of aliphatic hydroxyl groups excluding tert-OH is 1. The lowest BCUT2D eigenvalue weighted by atomic mass is 10.1. The number of thiophene rings is 1. The van der Waals surface area contributed by atoms with Crippen LogP contribution in [0, 0.1) is 0 Å². The Morgan fingerprint density at radius 3 is 2.55 bits per heavy atom. The van der Waals surface area contributed by atoms with Crippen molar-refractivity contribution in [1.82, 2.24) is 30.3 Å². The highest BCUT2D eigenvalue weighted by atomic mass is 32.1. The first kappa shape index (κ1) is 35.3. The third kappa shape index (κ3) is 7.48. The summed E-state index contributed by atoms with van der Waals surface area (Å²) in [7, 11) is -5.79. The van der Waals surface area contributed by atoms with E-state index >= 15 is 0 Å². The standard InChI is InChI=1S/C31H37F2N6O8PS/c1-18(40)37-12-8-21-3-5-27(36-30(43)38-13-9-23(16-38)47-22-6-10-34-11-7-22)39(21)29(42)24(17-37)35-28(41)26-15-19-14-20(2-4-25(19)49-26)31(32,33)48(44,45)46/h2,4,6-7,10-11,14-15,21,23-24,27,30,36,43H,3,5,8-9,12-13,16-17H2,1H3,(H,35,41)(H2,44,45,46)/t21-,23?,24?,27+,30?/m1/s1. The molecule has 3 fully saturated rings. The van der Waals surface area contributed by atoms with Crippen molar-refractivity contribution in [3.8, 4) is 5.75 Å². The predicted octanol–water partition coefficient (Wildman–Crippen LogP) is 2.21. The van der Waals surface area contributed by atoms with Gasteiger partial charge in [-0.15, -0.1) is 11.3 Å². The molecule has 0 saturated carbocycles. The minimum absolute atomic E-state index is 0.0801. The maximum absolute atomic E-state index is 14.3. The molecule has 2 aromatic heterocycles. The van der Waals surface area contributed by atoms with Crippen molar-refractivity contribution in [2.45, 2.75) is 69.0 Å². The Kier molecular flexibility index (Phi) is 10.1. The Bertz CT molecular complexity index is 1760. The van der Waals surface area contributed by atoms with Crippen LogP contribution in [0.2, 0.25) is 0 Å². The second kappa shape index (κ2) is 14.0. The topological polar surface area (TPSA) is 185 Å². The van der Waals surface area contributed by atoms with Gasteiger partial charge in [0.25, 0.3) is 5.91 Å². The molecule has 3 aliphatic heterocycles. The second-order valence-electron chi connectivity index (χ2n) is 12.5. The number of aromatic nitrogens is 1. The van der Waals surface area contributed by atoms with Gasteiger partial charge in [-0.25, -0.2) is 0 Å². The summed E-state index contributed by atoms with van der Waals surface area (Å²) in [6.07, 6.45) is 3.89. The zero-order chi connectivity index (χ0) is 35.1. The molecule has 5 N–H and O–H groups in total. The smallest absolute Gasteiger partial charge is 0.399 e. The fourth-order valence-electron chi connectivity index (χ4n) is 6.63. The van der Waals surface area contributed by atoms with Crippen LogP contribution in [0.25, 0.3) is 10.1 Å². The van der Waals surface area contributed by atoms with E-state index in [2.05, 4.69) is 15.6 Å². The summed E-state index contributed by atoms with van der Waals surface area (Å²) in [6, 6.07) is 6.50. The number of likely N-dealkylation sites (tertiary alicyclic amines) is 1. The Labute approximate surface area is 284 Å². The molecule has 1 aromatic carbocycles. The van der Waals surface area contributed by atoms with Crippen molar-refractivity contribution in [2.24, 2.45) is 0 Å². The van der Waals surface area contributed by atoms with Crippen LogP contribution < -0.4 is 15.4 Å². The number of pyridine rings is 1. The van der Waals surface area contributed by atoms with E-state index in [1.54, 1.807) is 29.4 Å². The molecule has 5 atom stereocenters. The van der Waals surface area contributed by atoms with Gasteiger partial charge in [0.05, 0.1) is 11.0 Å². The Hall–Kier alpha value is -3.57. The van der Waals surface area contributed by atoms with E-state index in [0.29, 0.717) is 55.8 Å². The molecule has 0 radical (unpaired) electrons. The van der Waals surface area contributed by atoms with Crippen molar-refractivity contribution >= 4 is 46.7 Å². The van der Waals surface area contributed by atoms with Gasteiger partial charge in [0.2, 0.25) is 11.8 Å². The highest BCUT2D eigenvalue weighted by Crippen LogP contribution is 2.59. The summed E-state index contributed by atoms with van der Waals surface area (Å²) in [4.78, 5) is 67.4. The first-order chi connectivity index (χ1) is 23.2. The highest BCUT2D eigenvalue weighted by molar-refractivity contribution is 7.52. The summed E-state index contributed by atoms with van der Waals surface area (Å²) in [5.74, 6) is -0.689. The highest BCUT2D eigenvalue weighted by Gasteiger charge is 2.50. The molecule has 264 valence electrons. The zero-order valence-electron chi connectivity index (χ0n) is 26.4. The first-order valence-corrected chi connectivity index (χ1v) is 18.2. The van der Waals surface area contributed by atoms with Crippen molar-refractivity contribution in [2.75, 3.05) is 26.2 Å². The van der Waals surface area contributed by atoms with E-state index in [4.69, 9.17) is 14.5 Å². The van der Waals surface area contributed by atoms with E-state index < -0.39 is 49.2 Å². The third-order valence-electron chi connectivity index (χ3n) is 9.21. The summed E-state index contributed by atoms with van der Waals surface area (Å²) in [5.41, 5.74) is -5.31. The molecule has 14 nitrogen and oxygen atoms in total. The lowest BCUT2D eigenvalue weighted by Gasteiger charge is -2.40. The lowest BCUT2D eigenvalue weighted by Crippen LogP contribution is -2.62. The fraction of sp³-hybridized carbons (Fsp3) is 0.484. The van der Waals surface area contributed by atoms with E-state index in [-0.39, 0.29) is 34.9 Å². The molecule has 6 rings (SSSR count). The minimum Gasteiger partial charge on any atom is -0.489 e. The number of ether oxygens (including phenoxy) is 1. The number of hydrogen-bond acceptors (Lipinski definition) is 10. The number of halogens is 2. The van der Waals surface area contributed by atoms with Crippen LogP contribution in [-0.4, -0.2) is 109 Å². The number of amides is 3.